The van der Waals surface area contributed by atoms with Crippen molar-refractivity contribution in [1.82, 2.24) is 0 Å². The highest BCUT2D eigenvalue weighted by molar-refractivity contribution is 9.10. The first-order valence-electron chi connectivity index (χ1n) is 2.04. The van der Waals surface area contributed by atoms with Gasteiger partial charge >= 0.3 is 0 Å². The highest BCUT2D eigenvalue weighted by Gasteiger charge is 2.08. The molecule has 0 saturated carbocycles. The number of hydrogen-bond acceptors (Lipinski definition) is 0. The number of halogens is 2. The molecule has 0 saturated heterocycles. The Labute approximate surface area is 60.4 Å². The van der Waals surface area contributed by atoms with E-state index in [2.05, 4.69) is 31.9 Å². The third-order valence-electron chi connectivity index (χ3n) is 0.664. The summed E-state index contributed by atoms with van der Waals surface area (Å²) in [6, 6.07) is 0. The van der Waals surface area contributed by atoms with E-state index in [1.54, 1.807) is 0 Å². The van der Waals surface area contributed by atoms with Gasteiger partial charge in [0, 0.05) is 10.2 Å². The molecule has 0 spiro atoms. The number of rotatable bonds is 2. The Morgan fingerprint density at radius 3 is 2.14 bits per heavy atom. The molecular weight excluding hydrogens is 224 g/mol. The van der Waals surface area contributed by atoms with E-state index in [-0.39, 0.29) is 4.83 Å². The average Bonchev–Trinajstić information content (AvgIpc) is 1.65. The van der Waals surface area contributed by atoms with Gasteiger partial charge in [0.2, 0.25) is 0 Å². The minimum Gasteiger partial charge on any atom is -0.231 e. The largest absolute Gasteiger partial charge is 0.231 e. The van der Waals surface area contributed by atoms with Crippen molar-refractivity contribution in [3.8, 4) is 0 Å². The van der Waals surface area contributed by atoms with Crippen LogP contribution in [-0.4, -0.2) is 16.3 Å². The molecule has 0 N–H and O–H groups in total. The van der Waals surface area contributed by atoms with Crippen molar-refractivity contribution in [2.75, 3.05) is 5.33 Å². The summed E-state index contributed by atoms with van der Waals surface area (Å²) in [6.45, 7) is 1.85. The number of alkyl halides is 2. The van der Waals surface area contributed by atoms with Crippen LogP contribution >= 0.6 is 31.9 Å². The maximum Gasteiger partial charge on any atom is 0.115 e. The van der Waals surface area contributed by atoms with Crippen molar-refractivity contribution in [2.24, 2.45) is 0 Å². The lowest BCUT2D eigenvalue weighted by Gasteiger charge is -2.03. The first-order chi connectivity index (χ1) is 3.18. The zero-order chi connectivity index (χ0) is 5.86. The van der Waals surface area contributed by atoms with Crippen LogP contribution in [0, 0.1) is 0 Å². The standard InChI is InChI=1S/C4H7Br2O/c1-3(6)4(7)2-5/h3-4H,2H2,1H3. The quantitative estimate of drug-likeness (QED) is 0.647. The van der Waals surface area contributed by atoms with E-state index in [1.807, 2.05) is 6.92 Å². The van der Waals surface area contributed by atoms with Crippen molar-refractivity contribution < 1.29 is 5.11 Å². The van der Waals surface area contributed by atoms with Crippen molar-refractivity contribution >= 4 is 31.9 Å². The number of hydrogen-bond donors (Lipinski definition) is 0. The van der Waals surface area contributed by atoms with Crippen LogP contribution in [0.3, 0.4) is 0 Å². The first-order valence-corrected chi connectivity index (χ1v) is 4.08. The molecular formula is C4H7Br2O. The van der Waals surface area contributed by atoms with Gasteiger partial charge in [-0.15, -0.1) is 0 Å². The summed E-state index contributed by atoms with van der Waals surface area (Å²) in [6.07, 6.45) is -0.514. The fourth-order valence-electron chi connectivity index (χ4n) is 0.123. The van der Waals surface area contributed by atoms with Gasteiger partial charge in [0.15, 0.2) is 0 Å². The smallest absolute Gasteiger partial charge is 0.115 e. The van der Waals surface area contributed by atoms with Crippen molar-refractivity contribution in [3.63, 3.8) is 0 Å². The van der Waals surface area contributed by atoms with Gasteiger partial charge in [-0.25, -0.2) is 5.11 Å². The Morgan fingerprint density at radius 2 is 2.14 bits per heavy atom. The lowest BCUT2D eigenvalue weighted by molar-refractivity contribution is 0.113. The molecule has 0 aromatic rings. The lowest BCUT2D eigenvalue weighted by Crippen LogP contribution is -2.16. The molecule has 0 rings (SSSR count). The second kappa shape index (κ2) is 3.87. The van der Waals surface area contributed by atoms with E-state index in [0.717, 1.165) is 0 Å². The third-order valence-corrected chi connectivity index (χ3v) is 1.89. The van der Waals surface area contributed by atoms with Crippen LogP contribution in [0.1, 0.15) is 6.92 Å². The van der Waals surface area contributed by atoms with E-state index in [1.165, 1.54) is 0 Å². The normalized spacial score (nSPS) is 18.9. The van der Waals surface area contributed by atoms with E-state index in [4.69, 9.17) is 0 Å². The van der Waals surface area contributed by atoms with Gasteiger partial charge in [-0.2, -0.15) is 0 Å². The van der Waals surface area contributed by atoms with Crippen LogP contribution in [0.4, 0.5) is 0 Å². The van der Waals surface area contributed by atoms with Crippen LogP contribution in [-0.2, 0) is 5.11 Å². The zero-order valence-electron chi connectivity index (χ0n) is 4.03. The molecule has 2 unspecified atom stereocenters. The van der Waals surface area contributed by atoms with Gasteiger partial charge in [0.1, 0.15) is 6.10 Å². The highest BCUT2D eigenvalue weighted by Crippen LogP contribution is 2.06. The summed E-state index contributed by atoms with van der Waals surface area (Å²) in [4.78, 5) is 0.0758. The van der Waals surface area contributed by atoms with E-state index >= 15 is 0 Å². The van der Waals surface area contributed by atoms with Crippen molar-refractivity contribution in [2.45, 2.75) is 17.9 Å². The van der Waals surface area contributed by atoms with Crippen LogP contribution < -0.4 is 0 Å². The monoisotopic (exact) mass is 229 g/mol. The summed E-state index contributed by atoms with van der Waals surface area (Å²) in [5.74, 6) is 0. The minimum atomic E-state index is -0.514. The Hall–Kier alpha value is 0.920. The summed E-state index contributed by atoms with van der Waals surface area (Å²) < 4.78 is 0. The topological polar surface area (TPSA) is 19.9 Å². The molecule has 7 heavy (non-hydrogen) atoms. The molecule has 0 fully saturated rings. The molecule has 0 heterocycles. The van der Waals surface area contributed by atoms with E-state index in [9.17, 15) is 5.11 Å². The summed E-state index contributed by atoms with van der Waals surface area (Å²) in [5, 5.41) is 11.0. The highest BCUT2D eigenvalue weighted by atomic mass is 79.9. The zero-order valence-corrected chi connectivity index (χ0v) is 7.20. The van der Waals surface area contributed by atoms with Gasteiger partial charge in [-0.05, 0) is 6.92 Å². The Kier molecular flexibility index (Phi) is 4.37. The summed E-state index contributed by atoms with van der Waals surface area (Å²) in [5.41, 5.74) is 0. The Balaban J connectivity index is 3.14. The summed E-state index contributed by atoms with van der Waals surface area (Å²) >= 11 is 6.23. The van der Waals surface area contributed by atoms with Crippen molar-refractivity contribution in [3.05, 3.63) is 0 Å². The van der Waals surface area contributed by atoms with Crippen LogP contribution in [0.25, 0.3) is 0 Å². The van der Waals surface area contributed by atoms with E-state index in [0.29, 0.717) is 5.33 Å². The lowest BCUT2D eigenvalue weighted by atomic mass is 10.3. The molecule has 1 nitrogen and oxygen atoms in total. The Bertz CT molecular complexity index is 47.0. The maximum absolute atomic E-state index is 10.5. The molecule has 0 aliphatic carbocycles. The third kappa shape index (κ3) is 3.50. The SMILES string of the molecule is CC(Br)C([O])CBr. The summed E-state index contributed by atoms with van der Waals surface area (Å²) in [7, 11) is 0. The van der Waals surface area contributed by atoms with Gasteiger partial charge in [-0.1, -0.05) is 31.9 Å². The predicted octanol–water partition coefficient (Wildman–Crippen LogP) is 1.96. The van der Waals surface area contributed by atoms with Crippen LogP contribution in [0.2, 0.25) is 0 Å². The molecule has 0 aliphatic heterocycles. The Morgan fingerprint density at radius 1 is 1.71 bits per heavy atom. The van der Waals surface area contributed by atoms with Crippen LogP contribution in [0.5, 0.6) is 0 Å². The van der Waals surface area contributed by atoms with E-state index < -0.39 is 6.10 Å². The molecule has 1 radical (unpaired) electrons. The van der Waals surface area contributed by atoms with Gasteiger partial charge in [-0.3, -0.25) is 0 Å². The first kappa shape index (κ1) is 7.92. The molecule has 43 valence electrons. The maximum atomic E-state index is 10.5. The van der Waals surface area contributed by atoms with Gasteiger partial charge in [0.05, 0.1) is 0 Å². The fraction of sp³-hybridized carbons (Fsp3) is 1.00. The second-order valence-electron chi connectivity index (χ2n) is 1.37. The molecule has 0 aromatic carbocycles. The molecule has 0 amide bonds. The van der Waals surface area contributed by atoms with Gasteiger partial charge < -0.3 is 0 Å². The fourth-order valence-corrected chi connectivity index (χ4v) is 1.37. The minimum absolute atomic E-state index is 0.0758. The average molecular weight is 231 g/mol. The molecule has 0 aliphatic rings. The van der Waals surface area contributed by atoms with Gasteiger partial charge in [0.25, 0.3) is 0 Å². The molecule has 0 bridgehead atoms. The predicted molar refractivity (Wildman–Crippen MR) is 36.7 cm³/mol. The molecule has 0 aromatic heterocycles. The molecule has 3 heteroatoms. The molecule has 2 atom stereocenters. The second-order valence-corrected chi connectivity index (χ2v) is 3.46. The van der Waals surface area contributed by atoms with Crippen LogP contribution in [0.15, 0.2) is 0 Å². The van der Waals surface area contributed by atoms with Crippen molar-refractivity contribution in [1.29, 1.82) is 0 Å².